The molecule has 7 nitrogen and oxygen atoms in total. The highest BCUT2D eigenvalue weighted by molar-refractivity contribution is 6.07. The van der Waals surface area contributed by atoms with Crippen LogP contribution in [0, 0.1) is 5.82 Å². The van der Waals surface area contributed by atoms with Gasteiger partial charge < -0.3 is 10.5 Å². The third-order valence-electron chi connectivity index (χ3n) is 4.39. The molecule has 2 aromatic carbocycles. The number of nitrogens with zero attached hydrogens (tertiary/aromatic N) is 3. The SMILES string of the molecule is CC[C@@H](c1cccc(F)c1)N(N)c1ncnc2c(C(N)=O)cc(OC)cc12. The van der Waals surface area contributed by atoms with Gasteiger partial charge >= 0.3 is 0 Å². The van der Waals surface area contributed by atoms with Crippen LogP contribution in [0.5, 0.6) is 5.75 Å². The molecule has 0 bridgehead atoms. The maximum atomic E-state index is 13.7. The van der Waals surface area contributed by atoms with Crippen molar-refractivity contribution in [1.82, 2.24) is 9.97 Å². The standard InChI is InChI=1S/C19H20FN5O2/c1-3-16(11-5-4-6-12(20)7-11)25(22)19-15-9-13(27-2)8-14(18(21)26)17(15)23-10-24-19/h4-10,16H,3,22H2,1-2H3,(H2,21,26)/t16-/m0/s1. The lowest BCUT2D eigenvalue weighted by atomic mass is 10.0. The van der Waals surface area contributed by atoms with E-state index in [1.165, 1.54) is 36.6 Å². The quantitative estimate of drug-likeness (QED) is 0.511. The fourth-order valence-electron chi connectivity index (χ4n) is 3.09. The normalized spacial score (nSPS) is 12.0. The van der Waals surface area contributed by atoms with Gasteiger partial charge in [0.15, 0.2) is 5.82 Å². The molecule has 4 N–H and O–H groups in total. The van der Waals surface area contributed by atoms with Crippen LogP contribution in [0.3, 0.4) is 0 Å². The Morgan fingerprint density at radius 3 is 2.70 bits per heavy atom. The van der Waals surface area contributed by atoms with E-state index in [4.69, 9.17) is 16.3 Å². The number of ether oxygens (including phenoxy) is 1. The van der Waals surface area contributed by atoms with Crippen molar-refractivity contribution in [2.45, 2.75) is 19.4 Å². The number of methoxy groups -OCH3 is 1. The maximum absolute atomic E-state index is 13.7. The Hall–Kier alpha value is -3.26. The number of aromatic nitrogens is 2. The number of benzene rings is 2. The first-order valence-corrected chi connectivity index (χ1v) is 8.38. The van der Waals surface area contributed by atoms with Crippen LogP contribution in [0.15, 0.2) is 42.7 Å². The van der Waals surface area contributed by atoms with E-state index >= 15 is 0 Å². The summed E-state index contributed by atoms with van der Waals surface area (Å²) in [6.07, 6.45) is 1.92. The summed E-state index contributed by atoms with van der Waals surface area (Å²) in [6.45, 7) is 1.94. The average molecular weight is 369 g/mol. The minimum atomic E-state index is -0.635. The van der Waals surface area contributed by atoms with E-state index in [1.54, 1.807) is 18.2 Å². The number of carbonyl (C=O) groups is 1. The van der Waals surface area contributed by atoms with Gasteiger partial charge in [0, 0.05) is 5.39 Å². The van der Waals surface area contributed by atoms with Crippen LogP contribution in [0.2, 0.25) is 0 Å². The first-order chi connectivity index (χ1) is 13.0. The van der Waals surface area contributed by atoms with Crippen molar-refractivity contribution in [1.29, 1.82) is 0 Å². The van der Waals surface area contributed by atoms with E-state index in [0.29, 0.717) is 34.5 Å². The molecule has 0 aliphatic heterocycles. The summed E-state index contributed by atoms with van der Waals surface area (Å²) < 4.78 is 18.9. The predicted molar refractivity (Wildman–Crippen MR) is 101 cm³/mol. The summed E-state index contributed by atoms with van der Waals surface area (Å²) in [6, 6.07) is 9.13. The van der Waals surface area contributed by atoms with Gasteiger partial charge in [-0.25, -0.2) is 20.2 Å². The maximum Gasteiger partial charge on any atom is 0.251 e. The Morgan fingerprint density at radius 1 is 1.30 bits per heavy atom. The molecule has 0 fully saturated rings. The van der Waals surface area contributed by atoms with E-state index in [1.807, 2.05) is 6.92 Å². The molecule has 3 rings (SSSR count). The molecule has 0 aliphatic rings. The number of halogens is 1. The third kappa shape index (κ3) is 3.52. The Kier molecular flexibility index (Phi) is 5.18. The molecule has 3 aromatic rings. The molecule has 0 unspecified atom stereocenters. The van der Waals surface area contributed by atoms with Crippen molar-refractivity contribution < 1.29 is 13.9 Å². The number of primary amides is 1. The monoisotopic (exact) mass is 369 g/mol. The number of hydrogen-bond donors (Lipinski definition) is 2. The first kappa shape index (κ1) is 18.5. The molecule has 1 atom stereocenters. The van der Waals surface area contributed by atoms with Gasteiger partial charge in [-0.1, -0.05) is 19.1 Å². The van der Waals surface area contributed by atoms with Crippen molar-refractivity contribution in [3.05, 3.63) is 59.7 Å². The minimum absolute atomic E-state index is 0.209. The highest BCUT2D eigenvalue weighted by atomic mass is 19.1. The molecule has 27 heavy (non-hydrogen) atoms. The second-order valence-electron chi connectivity index (χ2n) is 6.02. The smallest absolute Gasteiger partial charge is 0.251 e. The molecule has 8 heteroatoms. The Balaban J connectivity index is 2.17. The summed E-state index contributed by atoms with van der Waals surface area (Å²) in [7, 11) is 1.48. The van der Waals surface area contributed by atoms with Crippen molar-refractivity contribution in [2.24, 2.45) is 11.6 Å². The van der Waals surface area contributed by atoms with Gasteiger partial charge in [-0.15, -0.1) is 0 Å². The number of rotatable bonds is 6. The van der Waals surface area contributed by atoms with Crippen molar-refractivity contribution >= 4 is 22.6 Å². The van der Waals surface area contributed by atoms with Crippen LogP contribution in [-0.2, 0) is 0 Å². The number of carbonyl (C=O) groups excluding carboxylic acids is 1. The number of fused-ring (bicyclic) bond motifs is 1. The number of nitrogens with two attached hydrogens (primary N) is 2. The molecule has 1 aromatic heterocycles. The molecule has 0 aliphatic carbocycles. The highest BCUT2D eigenvalue weighted by Gasteiger charge is 2.22. The van der Waals surface area contributed by atoms with Crippen LogP contribution in [-0.4, -0.2) is 23.0 Å². The summed E-state index contributed by atoms with van der Waals surface area (Å²) in [5.74, 6) is 6.22. The van der Waals surface area contributed by atoms with Crippen molar-refractivity contribution in [3.63, 3.8) is 0 Å². The zero-order chi connectivity index (χ0) is 19.6. The molecule has 0 saturated carbocycles. The molecular weight excluding hydrogens is 349 g/mol. The zero-order valence-electron chi connectivity index (χ0n) is 15.0. The van der Waals surface area contributed by atoms with Gasteiger partial charge in [-0.3, -0.25) is 9.80 Å². The predicted octanol–water partition coefficient (Wildman–Crippen LogP) is 2.71. The van der Waals surface area contributed by atoms with Gasteiger partial charge in [0.2, 0.25) is 0 Å². The summed E-state index contributed by atoms with van der Waals surface area (Å²) in [4.78, 5) is 20.3. The van der Waals surface area contributed by atoms with E-state index in [9.17, 15) is 9.18 Å². The second kappa shape index (κ2) is 7.55. The lowest BCUT2D eigenvalue weighted by molar-refractivity contribution is 0.100. The summed E-state index contributed by atoms with van der Waals surface area (Å²) >= 11 is 0. The topological polar surface area (TPSA) is 107 Å². The second-order valence-corrected chi connectivity index (χ2v) is 6.02. The molecule has 1 heterocycles. The van der Waals surface area contributed by atoms with Crippen molar-refractivity contribution in [2.75, 3.05) is 12.1 Å². The Labute approximate surface area is 155 Å². The highest BCUT2D eigenvalue weighted by Crippen LogP contribution is 2.33. The number of anilines is 1. The zero-order valence-corrected chi connectivity index (χ0v) is 15.0. The largest absolute Gasteiger partial charge is 0.497 e. The minimum Gasteiger partial charge on any atom is -0.497 e. The fourth-order valence-corrected chi connectivity index (χ4v) is 3.09. The van der Waals surface area contributed by atoms with E-state index < -0.39 is 5.91 Å². The fraction of sp³-hybridized carbons (Fsp3) is 0.211. The lowest BCUT2D eigenvalue weighted by Gasteiger charge is -2.29. The van der Waals surface area contributed by atoms with Crippen molar-refractivity contribution in [3.8, 4) is 5.75 Å². The summed E-state index contributed by atoms with van der Waals surface area (Å²) in [5, 5.41) is 1.96. The van der Waals surface area contributed by atoms with Crippen LogP contribution >= 0.6 is 0 Å². The molecule has 0 spiro atoms. The first-order valence-electron chi connectivity index (χ1n) is 8.38. The van der Waals surface area contributed by atoms with Crippen LogP contribution < -0.4 is 21.3 Å². The molecule has 0 radical (unpaired) electrons. The molecule has 140 valence electrons. The van der Waals surface area contributed by atoms with Crippen LogP contribution in [0.4, 0.5) is 10.2 Å². The van der Waals surface area contributed by atoms with Gasteiger partial charge in [0.25, 0.3) is 5.91 Å². The lowest BCUT2D eigenvalue weighted by Crippen LogP contribution is -2.36. The van der Waals surface area contributed by atoms with E-state index in [0.717, 1.165) is 0 Å². The number of amides is 1. The number of hydrazine groups is 1. The van der Waals surface area contributed by atoms with Gasteiger partial charge in [0.1, 0.15) is 17.9 Å². The molecule has 1 amide bonds. The van der Waals surface area contributed by atoms with Gasteiger partial charge in [-0.05, 0) is 36.2 Å². The van der Waals surface area contributed by atoms with Crippen LogP contribution in [0.25, 0.3) is 10.9 Å². The molecule has 0 saturated heterocycles. The van der Waals surface area contributed by atoms with Crippen LogP contribution in [0.1, 0.15) is 35.3 Å². The Morgan fingerprint density at radius 2 is 2.07 bits per heavy atom. The third-order valence-corrected chi connectivity index (χ3v) is 4.39. The van der Waals surface area contributed by atoms with Gasteiger partial charge in [-0.2, -0.15) is 0 Å². The summed E-state index contributed by atoms with van der Waals surface area (Å²) in [5.41, 5.74) is 6.78. The average Bonchev–Trinajstić information content (AvgIpc) is 2.67. The number of hydrogen-bond acceptors (Lipinski definition) is 6. The Bertz CT molecular complexity index is 995. The van der Waals surface area contributed by atoms with E-state index in [-0.39, 0.29) is 17.4 Å². The van der Waals surface area contributed by atoms with Gasteiger partial charge in [0.05, 0.1) is 24.2 Å². The molecular formula is C19H20FN5O2. The van der Waals surface area contributed by atoms with E-state index in [2.05, 4.69) is 9.97 Å².